The Hall–Kier alpha value is -4.88. The van der Waals surface area contributed by atoms with E-state index in [4.69, 9.17) is 0 Å². The molecule has 6 aromatic rings. The number of benzene rings is 6. The normalized spacial score (nSPS) is 18.1. The molecule has 2 fully saturated rings. The van der Waals surface area contributed by atoms with Crippen molar-refractivity contribution in [2.45, 2.75) is 74.5 Å². The molecule has 0 atom stereocenters. The highest BCUT2D eigenvalue weighted by Crippen LogP contribution is 2.63. The smallest absolute Gasteiger partial charge is 0.0465 e. The van der Waals surface area contributed by atoms with E-state index in [1.165, 1.54) is 88.1 Å². The van der Waals surface area contributed by atoms with Gasteiger partial charge in [-0.05, 0) is 131 Å². The molecule has 0 saturated heterocycles. The van der Waals surface area contributed by atoms with Gasteiger partial charge >= 0.3 is 0 Å². The zero-order chi connectivity index (χ0) is 32.4. The van der Waals surface area contributed by atoms with Crippen LogP contribution in [0, 0.1) is 0 Å². The van der Waals surface area contributed by atoms with Gasteiger partial charge in [-0.1, -0.05) is 128 Å². The lowest BCUT2D eigenvalue weighted by Crippen LogP contribution is -2.39. The van der Waals surface area contributed by atoms with Crippen LogP contribution >= 0.6 is 0 Å². The molecule has 4 aliphatic rings. The zero-order valence-electron chi connectivity index (χ0n) is 28.2. The van der Waals surface area contributed by atoms with Crippen LogP contribution in [0.2, 0.25) is 0 Å². The Kier molecular flexibility index (Phi) is 6.73. The van der Waals surface area contributed by atoms with Crippen LogP contribution in [0.4, 0.5) is 17.1 Å². The average molecular weight is 634 g/mol. The molecule has 2 spiro atoms. The molecule has 0 radical (unpaired) electrons. The Morgan fingerprint density at radius 1 is 0.388 bits per heavy atom. The van der Waals surface area contributed by atoms with Crippen LogP contribution in [-0.2, 0) is 10.8 Å². The topological polar surface area (TPSA) is 3.24 Å². The largest absolute Gasteiger partial charge is 0.310 e. The van der Waals surface area contributed by atoms with E-state index < -0.39 is 0 Å². The van der Waals surface area contributed by atoms with Crippen molar-refractivity contribution in [3.63, 3.8) is 0 Å². The van der Waals surface area contributed by atoms with Gasteiger partial charge in [0.05, 0.1) is 0 Å². The van der Waals surface area contributed by atoms with Gasteiger partial charge in [-0.15, -0.1) is 0 Å². The fourth-order valence-corrected chi connectivity index (χ4v) is 10.5. The van der Waals surface area contributed by atoms with E-state index in [2.05, 4.69) is 150 Å². The lowest BCUT2D eigenvalue weighted by atomic mass is 9.57. The molecule has 2 saturated carbocycles. The number of hydrogen-bond donors (Lipinski definition) is 0. The van der Waals surface area contributed by atoms with E-state index in [1.807, 2.05) is 0 Å². The predicted octanol–water partition coefficient (Wildman–Crippen LogP) is 13.0. The van der Waals surface area contributed by atoms with Gasteiger partial charge in [0.25, 0.3) is 0 Å². The monoisotopic (exact) mass is 633 g/mol. The van der Waals surface area contributed by atoms with E-state index in [0.29, 0.717) is 5.92 Å². The summed E-state index contributed by atoms with van der Waals surface area (Å²) >= 11 is 0. The number of anilines is 3. The van der Waals surface area contributed by atoms with Crippen molar-refractivity contribution in [1.29, 1.82) is 0 Å². The van der Waals surface area contributed by atoms with Crippen molar-refractivity contribution in [2.24, 2.45) is 0 Å². The minimum Gasteiger partial charge on any atom is -0.310 e. The van der Waals surface area contributed by atoms with Gasteiger partial charge in [0.2, 0.25) is 0 Å². The van der Waals surface area contributed by atoms with Crippen molar-refractivity contribution < 1.29 is 0 Å². The molecule has 1 heteroatoms. The van der Waals surface area contributed by atoms with Crippen LogP contribution in [0.25, 0.3) is 22.3 Å². The second-order valence-corrected chi connectivity index (χ2v) is 15.1. The highest BCUT2D eigenvalue weighted by atomic mass is 15.1. The molecule has 0 aliphatic heterocycles. The number of para-hydroxylation sites is 1. The molecule has 0 N–H and O–H groups in total. The van der Waals surface area contributed by atoms with Gasteiger partial charge in [0.15, 0.2) is 0 Å². The summed E-state index contributed by atoms with van der Waals surface area (Å²) in [6.45, 7) is 0. The maximum atomic E-state index is 2.56. The number of rotatable bonds is 4. The lowest BCUT2D eigenvalue weighted by Gasteiger charge is -2.45. The Morgan fingerprint density at radius 2 is 0.837 bits per heavy atom. The summed E-state index contributed by atoms with van der Waals surface area (Å²) in [6.07, 6.45) is 11.4. The molecule has 0 aromatic heterocycles. The second-order valence-electron chi connectivity index (χ2n) is 15.1. The molecule has 0 amide bonds. The number of hydrogen-bond acceptors (Lipinski definition) is 1. The van der Waals surface area contributed by atoms with Crippen LogP contribution in [0.15, 0.2) is 146 Å². The lowest BCUT2D eigenvalue weighted by molar-refractivity contribution is 0.265. The second kappa shape index (κ2) is 11.3. The van der Waals surface area contributed by atoms with E-state index in [9.17, 15) is 0 Å². The van der Waals surface area contributed by atoms with E-state index in [0.717, 1.165) is 25.7 Å². The van der Waals surface area contributed by atoms with Crippen LogP contribution in [0.3, 0.4) is 0 Å². The van der Waals surface area contributed by atoms with Gasteiger partial charge in [0, 0.05) is 27.9 Å². The van der Waals surface area contributed by atoms with Crippen molar-refractivity contribution in [3.8, 4) is 22.3 Å². The van der Waals surface area contributed by atoms with Crippen molar-refractivity contribution in [1.82, 2.24) is 0 Å². The summed E-state index contributed by atoms with van der Waals surface area (Å²) < 4.78 is 0. The van der Waals surface area contributed by atoms with Gasteiger partial charge in [-0.3, -0.25) is 0 Å². The van der Waals surface area contributed by atoms with E-state index in [-0.39, 0.29) is 10.8 Å². The van der Waals surface area contributed by atoms with Crippen molar-refractivity contribution in [2.75, 3.05) is 4.90 Å². The minimum absolute atomic E-state index is 0.00681. The first-order valence-corrected chi connectivity index (χ1v) is 18.6. The maximum absolute atomic E-state index is 2.56. The molecule has 0 bridgehead atoms. The standard InChI is InChI=1S/C48H43N/c1-3-13-34(14-4-1)35-23-25-37(26-24-35)49(36-15-5-2-6-16-36)38-27-28-42-41-19-9-12-22-45(41)48(46(42)33-38)31-29-47(30-32-48)43-20-10-7-17-39(43)40-18-8-11-21-44(40)47/h2,5-12,15-28,33-34H,1,3-4,13-14,29-32H2. The number of nitrogens with zero attached hydrogens (tertiary/aromatic N) is 1. The van der Waals surface area contributed by atoms with Gasteiger partial charge < -0.3 is 4.90 Å². The molecular formula is C48H43N. The van der Waals surface area contributed by atoms with Crippen LogP contribution in [-0.4, -0.2) is 0 Å². The molecule has 1 nitrogen and oxygen atoms in total. The zero-order valence-corrected chi connectivity index (χ0v) is 28.2. The molecule has 4 aliphatic carbocycles. The summed E-state index contributed by atoms with van der Waals surface area (Å²) in [5.74, 6) is 0.708. The molecule has 240 valence electrons. The summed E-state index contributed by atoms with van der Waals surface area (Å²) in [6, 6.07) is 55.6. The molecule has 0 unspecified atom stereocenters. The molecule has 0 heterocycles. The van der Waals surface area contributed by atoms with Crippen LogP contribution in [0.1, 0.15) is 91.5 Å². The number of fused-ring (bicyclic) bond motifs is 10. The third-order valence-corrected chi connectivity index (χ3v) is 12.9. The highest BCUT2D eigenvalue weighted by molar-refractivity contribution is 5.87. The highest BCUT2D eigenvalue weighted by Gasteiger charge is 2.53. The van der Waals surface area contributed by atoms with Gasteiger partial charge in [-0.2, -0.15) is 0 Å². The third kappa shape index (κ3) is 4.37. The Bertz CT molecular complexity index is 2110. The molecule has 49 heavy (non-hydrogen) atoms. The first kappa shape index (κ1) is 29.1. The summed E-state index contributed by atoms with van der Waals surface area (Å²) in [4.78, 5) is 2.48. The van der Waals surface area contributed by atoms with Crippen LogP contribution in [0.5, 0.6) is 0 Å². The molecular weight excluding hydrogens is 591 g/mol. The Labute approximate surface area is 291 Å². The minimum atomic E-state index is 0.00681. The van der Waals surface area contributed by atoms with Crippen molar-refractivity contribution in [3.05, 3.63) is 173 Å². The summed E-state index contributed by atoms with van der Waals surface area (Å²) in [5, 5.41) is 0. The summed E-state index contributed by atoms with van der Waals surface area (Å²) in [5.41, 5.74) is 17.1. The van der Waals surface area contributed by atoms with E-state index >= 15 is 0 Å². The SMILES string of the molecule is c1ccc(N(c2ccc(C3CCCCC3)cc2)c2ccc3c(c2)C2(CCC4(CC2)c2ccccc2-c2ccccc24)c2ccccc2-3)cc1. The summed E-state index contributed by atoms with van der Waals surface area (Å²) in [7, 11) is 0. The van der Waals surface area contributed by atoms with Crippen LogP contribution < -0.4 is 4.90 Å². The first-order chi connectivity index (χ1) is 24.3. The first-order valence-electron chi connectivity index (χ1n) is 18.6. The Morgan fingerprint density at radius 3 is 1.41 bits per heavy atom. The van der Waals surface area contributed by atoms with Crippen molar-refractivity contribution >= 4 is 17.1 Å². The Balaban J connectivity index is 1.07. The quantitative estimate of drug-likeness (QED) is 0.187. The third-order valence-electron chi connectivity index (χ3n) is 12.9. The predicted molar refractivity (Wildman–Crippen MR) is 204 cm³/mol. The van der Waals surface area contributed by atoms with E-state index in [1.54, 1.807) is 11.1 Å². The molecule has 10 rings (SSSR count). The van der Waals surface area contributed by atoms with Gasteiger partial charge in [0.1, 0.15) is 0 Å². The van der Waals surface area contributed by atoms with Gasteiger partial charge in [-0.25, -0.2) is 0 Å². The molecule has 6 aromatic carbocycles. The maximum Gasteiger partial charge on any atom is 0.0465 e. The fraction of sp³-hybridized carbons (Fsp3) is 0.250. The average Bonchev–Trinajstić information content (AvgIpc) is 3.61. The fourth-order valence-electron chi connectivity index (χ4n) is 10.5.